The molecule has 5 nitrogen and oxygen atoms in total. The molecule has 0 saturated heterocycles. The largest absolute Gasteiger partial charge is 0.253 e. The first-order valence-corrected chi connectivity index (χ1v) is 7.79. The van der Waals surface area contributed by atoms with Crippen LogP contribution >= 0.6 is 12.2 Å². The van der Waals surface area contributed by atoms with Crippen molar-refractivity contribution in [2.45, 2.75) is 19.8 Å². The van der Waals surface area contributed by atoms with Gasteiger partial charge in [0.1, 0.15) is 5.69 Å². The number of hydrogen-bond donors (Lipinski definition) is 1. The van der Waals surface area contributed by atoms with Crippen LogP contribution in [0.2, 0.25) is 0 Å². The van der Waals surface area contributed by atoms with E-state index in [1.807, 2.05) is 30.3 Å². The lowest BCUT2D eigenvalue weighted by Crippen LogP contribution is -1.96. The van der Waals surface area contributed by atoms with Crippen LogP contribution in [-0.4, -0.2) is 26.1 Å². The summed E-state index contributed by atoms with van der Waals surface area (Å²) in [5.74, 6) is 1.10. The second kappa shape index (κ2) is 6.66. The van der Waals surface area contributed by atoms with Crippen LogP contribution in [0.5, 0.6) is 0 Å². The lowest BCUT2D eigenvalue weighted by atomic mass is 10.0. The highest BCUT2D eigenvalue weighted by Crippen LogP contribution is 2.15. The molecular formula is C17H17N5S. The Balaban J connectivity index is 1.91. The van der Waals surface area contributed by atoms with Gasteiger partial charge in [-0.15, -0.1) is 0 Å². The van der Waals surface area contributed by atoms with Crippen molar-refractivity contribution in [3.05, 3.63) is 64.6 Å². The molecule has 3 rings (SSSR count). The Hall–Kier alpha value is -2.60. The van der Waals surface area contributed by atoms with Crippen molar-refractivity contribution in [3.8, 4) is 11.5 Å². The van der Waals surface area contributed by atoms with Crippen LogP contribution in [0.25, 0.3) is 11.5 Å². The van der Waals surface area contributed by atoms with Crippen molar-refractivity contribution < 1.29 is 0 Å². The molecule has 3 aromatic rings. The molecule has 0 atom stereocenters. The van der Waals surface area contributed by atoms with E-state index in [1.165, 1.54) is 5.56 Å². The van der Waals surface area contributed by atoms with E-state index < -0.39 is 0 Å². The molecule has 0 aliphatic heterocycles. The molecule has 6 heteroatoms. The first-order valence-electron chi connectivity index (χ1n) is 7.38. The molecule has 0 unspecified atom stereocenters. The quantitative estimate of drug-likeness (QED) is 0.583. The van der Waals surface area contributed by atoms with Crippen LogP contribution in [0.15, 0.2) is 53.8 Å². The van der Waals surface area contributed by atoms with Crippen molar-refractivity contribution >= 4 is 18.4 Å². The number of aromatic nitrogens is 4. The van der Waals surface area contributed by atoms with E-state index in [-0.39, 0.29) is 0 Å². The van der Waals surface area contributed by atoms with Gasteiger partial charge in [-0.1, -0.05) is 44.2 Å². The van der Waals surface area contributed by atoms with Crippen LogP contribution in [-0.2, 0) is 0 Å². The third-order valence-electron chi connectivity index (χ3n) is 3.47. The standard InChI is InChI=1S/C17H17N5S/c1-12(2)14-8-6-13(7-9-14)11-19-22-16(20-21-17(22)23)15-5-3-4-10-18-15/h3-12H,1-2H3,(H,21,23)/b19-11+. The molecule has 116 valence electrons. The van der Waals surface area contributed by atoms with Gasteiger partial charge < -0.3 is 0 Å². The van der Waals surface area contributed by atoms with Crippen molar-refractivity contribution in [3.63, 3.8) is 0 Å². The molecule has 0 bridgehead atoms. The maximum absolute atomic E-state index is 5.25. The molecule has 0 spiro atoms. The molecule has 23 heavy (non-hydrogen) atoms. The summed E-state index contributed by atoms with van der Waals surface area (Å²) in [5, 5.41) is 11.4. The SMILES string of the molecule is CC(C)c1ccc(/C=N/n2c(-c3ccccn3)n[nH]c2=S)cc1. The van der Waals surface area contributed by atoms with Gasteiger partial charge in [-0.05, 0) is 41.4 Å². The fraction of sp³-hybridized carbons (Fsp3) is 0.176. The lowest BCUT2D eigenvalue weighted by molar-refractivity contribution is 0.864. The van der Waals surface area contributed by atoms with Gasteiger partial charge in [0.25, 0.3) is 0 Å². The van der Waals surface area contributed by atoms with Crippen molar-refractivity contribution in [2.75, 3.05) is 0 Å². The minimum atomic E-state index is 0.431. The number of hydrogen-bond acceptors (Lipinski definition) is 4. The van der Waals surface area contributed by atoms with Gasteiger partial charge in [-0.2, -0.15) is 14.9 Å². The Kier molecular flexibility index (Phi) is 4.43. The van der Waals surface area contributed by atoms with E-state index in [9.17, 15) is 0 Å². The number of nitrogens with one attached hydrogen (secondary N) is 1. The summed E-state index contributed by atoms with van der Waals surface area (Å²) in [7, 11) is 0. The Labute approximate surface area is 139 Å². The molecule has 0 aliphatic carbocycles. The summed E-state index contributed by atoms with van der Waals surface area (Å²) in [5.41, 5.74) is 3.02. The number of nitrogens with zero attached hydrogens (tertiary/aromatic N) is 4. The van der Waals surface area contributed by atoms with E-state index in [0.717, 1.165) is 5.56 Å². The summed E-state index contributed by atoms with van der Waals surface area (Å²) in [6, 6.07) is 13.9. The van der Waals surface area contributed by atoms with Crippen molar-refractivity contribution in [1.82, 2.24) is 19.9 Å². The molecule has 0 amide bonds. The van der Waals surface area contributed by atoms with Gasteiger partial charge in [-0.25, -0.2) is 5.10 Å². The summed E-state index contributed by atoms with van der Waals surface area (Å²) >= 11 is 5.25. The Morgan fingerprint density at radius 3 is 2.61 bits per heavy atom. The molecular weight excluding hydrogens is 306 g/mol. The highest BCUT2D eigenvalue weighted by Gasteiger charge is 2.08. The minimum absolute atomic E-state index is 0.431. The second-order valence-corrected chi connectivity index (χ2v) is 5.83. The zero-order valence-electron chi connectivity index (χ0n) is 13.0. The lowest BCUT2D eigenvalue weighted by Gasteiger charge is -2.04. The van der Waals surface area contributed by atoms with Crippen LogP contribution in [0.4, 0.5) is 0 Å². The zero-order chi connectivity index (χ0) is 16.2. The van der Waals surface area contributed by atoms with E-state index in [1.54, 1.807) is 17.1 Å². The molecule has 2 heterocycles. The highest BCUT2D eigenvalue weighted by atomic mass is 32.1. The maximum atomic E-state index is 5.25. The van der Waals surface area contributed by atoms with E-state index in [2.05, 4.69) is 46.3 Å². The van der Waals surface area contributed by atoms with Crippen LogP contribution < -0.4 is 0 Å². The number of benzene rings is 1. The maximum Gasteiger partial charge on any atom is 0.216 e. The van der Waals surface area contributed by atoms with Crippen molar-refractivity contribution in [2.24, 2.45) is 5.10 Å². The highest BCUT2D eigenvalue weighted by molar-refractivity contribution is 7.71. The smallest absolute Gasteiger partial charge is 0.216 e. The van der Waals surface area contributed by atoms with Gasteiger partial charge in [0.2, 0.25) is 10.6 Å². The van der Waals surface area contributed by atoms with Gasteiger partial charge in [0, 0.05) is 6.20 Å². The molecule has 1 N–H and O–H groups in total. The summed E-state index contributed by atoms with van der Waals surface area (Å²) in [6.45, 7) is 4.35. The van der Waals surface area contributed by atoms with Gasteiger partial charge >= 0.3 is 0 Å². The molecule has 0 saturated carbocycles. The Bertz CT molecular complexity index is 860. The summed E-state index contributed by atoms with van der Waals surface area (Å²) in [6.07, 6.45) is 3.48. The normalized spacial score (nSPS) is 11.4. The fourth-order valence-corrected chi connectivity index (χ4v) is 2.33. The molecule has 0 aliphatic rings. The Morgan fingerprint density at radius 1 is 1.17 bits per heavy atom. The minimum Gasteiger partial charge on any atom is -0.253 e. The van der Waals surface area contributed by atoms with Gasteiger partial charge in [0.15, 0.2) is 0 Å². The second-order valence-electron chi connectivity index (χ2n) is 5.45. The average molecular weight is 323 g/mol. The van der Waals surface area contributed by atoms with Crippen LogP contribution in [0.3, 0.4) is 0 Å². The topological polar surface area (TPSA) is 58.9 Å². The monoisotopic (exact) mass is 323 g/mol. The van der Waals surface area contributed by atoms with E-state index in [0.29, 0.717) is 22.2 Å². The van der Waals surface area contributed by atoms with Crippen molar-refractivity contribution in [1.29, 1.82) is 0 Å². The summed E-state index contributed by atoms with van der Waals surface area (Å²) in [4.78, 5) is 4.29. The molecule has 2 aromatic heterocycles. The average Bonchev–Trinajstić information content (AvgIpc) is 2.95. The van der Waals surface area contributed by atoms with E-state index >= 15 is 0 Å². The Morgan fingerprint density at radius 2 is 1.96 bits per heavy atom. The summed E-state index contributed by atoms with van der Waals surface area (Å²) < 4.78 is 2.01. The predicted molar refractivity (Wildman–Crippen MR) is 94.2 cm³/mol. The number of pyridine rings is 1. The van der Waals surface area contributed by atoms with E-state index in [4.69, 9.17) is 12.2 Å². The first-order chi connectivity index (χ1) is 11.1. The fourth-order valence-electron chi connectivity index (χ4n) is 2.15. The molecule has 0 radical (unpaired) electrons. The zero-order valence-corrected chi connectivity index (χ0v) is 13.8. The number of H-pyrrole nitrogens is 1. The molecule has 0 fully saturated rings. The predicted octanol–water partition coefficient (Wildman–Crippen LogP) is 4.01. The number of aromatic amines is 1. The third-order valence-corrected chi connectivity index (χ3v) is 3.73. The van der Waals surface area contributed by atoms with Gasteiger partial charge in [0.05, 0.1) is 6.21 Å². The van der Waals surface area contributed by atoms with Crippen LogP contribution in [0.1, 0.15) is 30.9 Å². The first kappa shape index (κ1) is 15.3. The third kappa shape index (κ3) is 3.43. The van der Waals surface area contributed by atoms with Gasteiger partial charge in [-0.3, -0.25) is 4.98 Å². The molecule has 1 aromatic carbocycles. The van der Waals surface area contributed by atoms with Crippen LogP contribution in [0, 0.1) is 4.77 Å². The number of rotatable bonds is 4.